The summed E-state index contributed by atoms with van der Waals surface area (Å²) in [6.45, 7) is 5.20. The molecule has 176 valence electrons. The third kappa shape index (κ3) is 6.29. The summed E-state index contributed by atoms with van der Waals surface area (Å²) < 4.78 is 45.0. The van der Waals surface area contributed by atoms with Crippen LogP contribution in [0.3, 0.4) is 0 Å². The summed E-state index contributed by atoms with van der Waals surface area (Å²) in [5.74, 6) is 3.13. The SMILES string of the molecule is c1cc(Cc2ccc(OCC3CO3)cc2OCC2CO2)c(OCC2CO2)cc1OCC1CO1. The molecule has 0 bridgehead atoms. The van der Waals surface area contributed by atoms with E-state index in [0.29, 0.717) is 32.8 Å². The Labute approximate surface area is 192 Å². The van der Waals surface area contributed by atoms with Crippen LogP contribution in [0.5, 0.6) is 23.0 Å². The fraction of sp³-hybridized carbons (Fsp3) is 0.520. The van der Waals surface area contributed by atoms with Crippen molar-refractivity contribution in [2.45, 2.75) is 30.8 Å². The van der Waals surface area contributed by atoms with Gasteiger partial charge in [-0.05, 0) is 23.3 Å². The lowest BCUT2D eigenvalue weighted by atomic mass is 10.0. The predicted octanol–water partition coefficient (Wildman–Crippen LogP) is 2.39. The molecule has 33 heavy (non-hydrogen) atoms. The fourth-order valence-corrected chi connectivity index (χ4v) is 3.42. The molecule has 0 aromatic heterocycles. The van der Waals surface area contributed by atoms with Gasteiger partial charge in [-0.1, -0.05) is 12.1 Å². The van der Waals surface area contributed by atoms with Crippen molar-refractivity contribution in [2.75, 3.05) is 52.9 Å². The number of hydrogen-bond donors (Lipinski definition) is 0. The molecule has 4 unspecified atom stereocenters. The fourth-order valence-electron chi connectivity index (χ4n) is 3.42. The first-order chi connectivity index (χ1) is 16.3. The maximum Gasteiger partial charge on any atom is 0.126 e. The van der Waals surface area contributed by atoms with Gasteiger partial charge in [-0.3, -0.25) is 0 Å². The largest absolute Gasteiger partial charge is 0.491 e. The Morgan fingerprint density at radius 1 is 0.545 bits per heavy atom. The highest BCUT2D eigenvalue weighted by Gasteiger charge is 2.27. The van der Waals surface area contributed by atoms with Gasteiger partial charge in [0.05, 0.1) is 26.4 Å². The van der Waals surface area contributed by atoms with Crippen molar-refractivity contribution in [3.05, 3.63) is 47.5 Å². The average Bonchev–Trinajstić information content (AvgIpc) is 3.65. The molecule has 4 fully saturated rings. The topological polar surface area (TPSA) is 87.0 Å². The van der Waals surface area contributed by atoms with Crippen molar-refractivity contribution in [1.29, 1.82) is 0 Å². The summed E-state index contributed by atoms with van der Waals surface area (Å²) in [6.07, 6.45) is 1.41. The quantitative estimate of drug-likeness (QED) is 0.401. The molecule has 0 aliphatic carbocycles. The minimum absolute atomic E-state index is 0.173. The van der Waals surface area contributed by atoms with Gasteiger partial charge in [0.25, 0.3) is 0 Å². The van der Waals surface area contributed by atoms with Crippen molar-refractivity contribution in [1.82, 2.24) is 0 Å². The molecule has 8 heteroatoms. The van der Waals surface area contributed by atoms with Crippen LogP contribution in [0.15, 0.2) is 36.4 Å². The van der Waals surface area contributed by atoms with E-state index in [1.165, 1.54) is 0 Å². The van der Waals surface area contributed by atoms with Crippen molar-refractivity contribution >= 4 is 0 Å². The zero-order valence-corrected chi connectivity index (χ0v) is 18.4. The summed E-state index contributed by atoms with van der Waals surface area (Å²) in [5.41, 5.74) is 2.11. The second-order valence-corrected chi connectivity index (χ2v) is 8.78. The van der Waals surface area contributed by atoms with E-state index in [1.807, 2.05) is 24.3 Å². The molecule has 0 amide bonds. The molecule has 6 rings (SSSR count). The summed E-state index contributed by atoms with van der Waals surface area (Å²) in [6, 6.07) is 12.0. The van der Waals surface area contributed by atoms with Crippen LogP contribution in [0.2, 0.25) is 0 Å². The average molecular weight is 456 g/mol. The Balaban J connectivity index is 1.19. The summed E-state index contributed by atoms with van der Waals surface area (Å²) >= 11 is 0. The lowest BCUT2D eigenvalue weighted by molar-refractivity contribution is 0.249. The van der Waals surface area contributed by atoms with Gasteiger partial charge in [0.1, 0.15) is 73.8 Å². The van der Waals surface area contributed by atoms with Crippen LogP contribution in [-0.2, 0) is 25.4 Å². The number of epoxide rings is 4. The van der Waals surface area contributed by atoms with Crippen LogP contribution in [-0.4, -0.2) is 77.3 Å². The molecule has 0 N–H and O–H groups in total. The van der Waals surface area contributed by atoms with Gasteiger partial charge in [-0.25, -0.2) is 0 Å². The van der Waals surface area contributed by atoms with Crippen molar-refractivity contribution in [3.8, 4) is 23.0 Å². The number of ether oxygens (including phenoxy) is 8. The summed E-state index contributed by atoms with van der Waals surface area (Å²) in [7, 11) is 0. The van der Waals surface area contributed by atoms with Gasteiger partial charge in [-0.15, -0.1) is 0 Å². The lowest BCUT2D eigenvalue weighted by Gasteiger charge is -2.16. The molecule has 4 heterocycles. The maximum atomic E-state index is 6.10. The first-order valence-electron chi connectivity index (χ1n) is 11.5. The highest BCUT2D eigenvalue weighted by molar-refractivity contribution is 5.48. The molecule has 8 nitrogen and oxygen atoms in total. The van der Waals surface area contributed by atoms with Gasteiger partial charge in [0.15, 0.2) is 0 Å². The van der Waals surface area contributed by atoms with E-state index in [4.69, 9.17) is 37.9 Å². The third-order valence-corrected chi connectivity index (χ3v) is 5.79. The van der Waals surface area contributed by atoms with E-state index in [9.17, 15) is 0 Å². The zero-order chi connectivity index (χ0) is 22.0. The van der Waals surface area contributed by atoms with Crippen molar-refractivity contribution in [3.63, 3.8) is 0 Å². The van der Waals surface area contributed by atoms with E-state index in [0.717, 1.165) is 60.6 Å². The van der Waals surface area contributed by atoms with Crippen molar-refractivity contribution in [2.24, 2.45) is 0 Å². The molecule has 4 saturated heterocycles. The number of hydrogen-bond acceptors (Lipinski definition) is 8. The first-order valence-corrected chi connectivity index (χ1v) is 11.5. The van der Waals surface area contributed by atoms with E-state index < -0.39 is 0 Å². The lowest BCUT2D eigenvalue weighted by Crippen LogP contribution is -2.09. The van der Waals surface area contributed by atoms with Gasteiger partial charge < -0.3 is 37.9 Å². The second kappa shape index (κ2) is 9.38. The maximum absolute atomic E-state index is 6.10. The highest BCUT2D eigenvalue weighted by Crippen LogP contribution is 2.33. The van der Waals surface area contributed by atoms with E-state index in [1.54, 1.807) is 0 Å². The Hall–Kier alpha value is -2.52. The van der Waals surface area contributed by atoms with Crippen LogP contribution in [0.25, 0.3) is 0 Å². The molecule has 4 atom stereocenters. The van der Waals surface area contributed by atoms with Gasteiger partial charge in [0, 0.05) is 18.6 Å². The van der Waals surface area contributed by atoms with Crippen LogP contribution in [0.4, 0.5) is 0 Å². The number of rotatable bonds is 14. The van der Waals surface area contributed by atoms with E-state index in [2.05, 4.69) is 12.1 Å². The molecule has 2 aromatic carbocycles. The first kappa shape index (κ1) is 21.0. The second-order valence-electron chi connectivity index (χ2n) is 8.78. The van der Waals surface area contributed by atoms with Gasteiger partial charge in [0.2, 0.25) is 0 Å². The molecule has 4 aliphatic heterocycles. The standard InChI is InChI=1S/C25H28O8/c1-3-18(26-8-20-10-28-20)6-24(32-14-22-12-30-22)16(1)5-17-2-4-19(27-9-21-11-29-21)7-25(17)33-15-23-13-31-23/h1-4,6-7,20-23H,5,8-15H2. The van der Waals surface area contributed by atoms with Crippen LogP contribution in [0, 0.1) is 0 Å². The van der Waals surface area contributed by atoms with Crippen LogP contribution >= 0.6 is 0 Å². The van der Waals surface area contributed by atoms with E-state index in [-0.39, 0.29) is 24.4 Å². The Bertz CT molecular complexity index is 885. The Morgan fingerprint density at radius 2 is 0.909 bits per heavy atom. The summed E-state index contributed by atoms with van der Waals surface area (Å²) in [5, 5.41) is 0. The Kier molecular flexibility index (Phi) is 5.98. The minimum Gasteiger partial charge on any atom is -0.491 e. The molecular formula is C25H28O8. The zero-order valence-electron chi connectivity index (χ0n) is 18.4. The summed E-state index contributed by atoms with van der Waals surface area (Å²) in [4.78, 5) is 0. The molecule has 0 saturated carbocycles. The number of benzene rings is 2. The monoisotopic (exact) mass is 456 g/mol. The minimum atomic E-state index is 0.173. The van der Waals surface area contributed by atoms with Crippen LogP contribution in [0.1, 0.15) is 11.1 Å². The van der Waals surface area contributed by atoms with Gasteiger partial charge >= 0.3 is 0 Å². The van der Waals surface area contributed by atoms with Crippen molar-refractivity contribution < 1.29 is 37.9 Å². The molecule has 2 aromatic rings. The van der Waals surface area contributed by atoms with Gasteiger partial charge in [-0.2, -0.15) is 0 Å². The highest BCUT2D eigenvalue weighted by atomic mass is 16.6. The Morgan fingerprint density at radius 3 is 1.27 bits per heavy atom. The van der Waals surface area contributed by atoms with E-state index >= 15 is 0 Å². The molecule has 0 radical (unpaired) electrons. The molecule has 4 aliphatic rings. The smallest absolute Gasteiger partial charge is 0.126 e. The molecule has 0 spiro atoms. The third-order valence-electron chi connectivity index (χ3n) is 5.79. The normalized spacial score (nSPS) is 26.4. The predicted molar refractivity (Wildman–Crippen MR) is 117 cm³/mol. The molecular weight excluding hydrogens is 428 g/mol. The van der Waals surface area contributed by atoms with Crippen LogP contribution < -0.4 is 18.9 Å².